The highest BCUT2D eigenvalue weighted by atomic mass is 32.2. The molecular formula is C25H22F2N4O2S3. The molecule has 2 aromatic heterocycles. The number of carbonyl (C=O) groups is 1. The first-order chi connectivity index (χ1) is 17.4. The van der Waals surface area contributed by atoms with E-state index in [2.05, 4.69) is 10.3 Å². The van der Waals surface area contributed by atoms with Crippen LogP contribution in [-0.2, 0) is 4.79 Å². The molecule has 6 nitrogen and oxygen atoms in total. The van der Waals surface area contributed by atoms with Gasteiger partial charge in [-0.25, -0.2) is 13.8 Å². The molecule has 0 bridgehead atoms. The first-order valence-electron chi connectivity index (χ1n) is 11.5. The minimum atomic E-state index is -0.501. The molecule has 1 aliphatic carbocycles. The van der Waals surface area contributed by atoms with Crippen molar-refractivity contribution in [2.24, 2.45) is 0 Å². The van der Waals surface area contributed by atoms with Crippen molar-refractivity contribution in [1.29, 1.82) is 0 Å². The molecular weight excluding hydrogens is 522 g/mol. The van der Waals surface area contributed by atoms with Gasteiger partial charge in [0.1, 0.15) is 16.3 Å². The third-order valence-corrected chi connectivity index (χ3v) is 8.35. The van der Waals surface area contributed by atoms with Crippen LogP contribution in [0.15, 0.2) is 58.5 Å². The van der Waals surface area contributed by atoms with E-state index in [-0.39, 0.29) is 42.8 Å². The molecule has 2 aromatic carbocycles. The number of nitrogens with one attached hydrogen (secondary N) is 1. The predicted octanol–water partition coefficient (Wildman–Crippen LogP) is 5.79. The number of halogens is 2. The molecule has 5 rings (SSSR count). The zero-order valence-electron chi connectivity index (χ0n) is 19.1. The van der Waals surface area contributed by atoms with E-state index in [9.17, 15) is 18.4 Å². The second-order valence-corrected chi connectivity index (χ2v) is 11.1. The van der Waals surface area contributed by atoms with E-state index in [1.165, 1.54) is 45.9 Å². The standard InChI is InChI=1S/C25H22F2N4O2S3/c26-15-10-12-17(13-11-15)30-23(33)21-22(31(25(34)36-21)19-9-5-4-8-18(19)27)29-24(30)35-14-20(32)28-16-6-2-1-3-7-16/h4-5,8-13,16H,1-3,6-7,14H2,(H,28,32). The normalized spacial score (nSPS) is 14.3. The van der Waals surface area contributed by atoms with Gasteiger partial charge in [-0.2, -0.15) is 0 Å². The van der Waals surface area contributed by atoms with Crippen molar-refractivity contribution in [2.45, 2.75) is 43.3 Å². The van der Waals surface area contributed by atoms with Gasteiger partial charge in [-0.3, -0.25) is 18.7 Å². The zero-order chi connectivity index (χ0) is 25.2. The summed E-state index contributed by atoms with van der Waals surface area (Å²) in [7, 11) is 0. The Morgan fingerprint density at radius 2 is 1.81 bits per heavy atom. The number of aromatic nitrogens is 3. The van der Waals surface area contributed by atoms with Crippen molar-refractivity contribution in [3.63, 3.8) is 0 Å². The van der Waals surface area contributed by atoms with Gasteiger partial charge < -0.3 is 5.32 Å². The van der Waals surface area contributed by atoms with Gasteiger partial charge in [0.25, 0.3) is 5.56 Å². The number of hydrogen-bond donors (Lipinski definition) is 1. The lowest BCUT2D eigenvalue weighted by Crippen LogP contribution is -2.37. The van der Waals surface area contributed by atoms with E-state index in [1.54, 1.807) is 18.2 Å². The van der Waals surface area contributed by atoms with Crippen molar-refractivity contribution >= 4 is 51.6 Å². The monoisotopic (exact) mass is 544 g/mol. The number of thioether (sulfide) groups is 1. The maximum atomic E-state index is 14.7. The summed E-state index contributed by atoms with van der Waals surface area (Å²) in [5.41, 5.74) is 0.385. The Balaban J connectivity index is 1.59. The van der Waals surface area contributed by atoms with Gasteiger partial charge in [0.2, 0.25) is 5.91 Å². The van der Waals surface area contributed by atoms with Crippen molar-refractivity contribution in [2.75, 3.05) is 5.75 Å². The van der Waals surface area contributed by atoms with Crippen LogP contribution < -0.4 is 10.9 Å². The van der Waals surface area contributed by atoms with Crippen LogP contribution in [0, 0.1) is 15.6 Å². The molecule has 0 radical (unpaired) electrons. The fourth-order valence-electron chi connectivity index (χ4n) is 4.34. The van der Waals surface area contributed by atoms with Crippen molar-refractivity contribution in [3.8, 4) is 11.4 Å². The maximum Gasteiger partial charge on any atom is 0.278 e. The number of thiazole rings is 1. The molecule has 1 fully saturated rings. The lowest BCUT2D eigenvalue weighted by atomic mass is 9.95. The van der Waals surface area contributed by atoms with E-state index in [0.29, 0.717) is 5.69 Å². The Morgan fingerprint density at radius 1 is 1.08 bits per heavy atom. The molecule has 1 amide bonds. The van der Waals surface area contributed by atoms with Crippen LogP contribution >= 0.6 is 35.3 Å². The Hall–Kier alpha value is -2.89. The van der Waals surface area contributed by atoms with Crippen LogP contribution in [0.3, 0.4) is 0 Å². The van der Waals surface area contributed by atoms with Gasteiger partial charge >= 0.3 is 0 Å². The molecule has 11 heteroatoms. The Morgan fingerprint density at radius 3 is 2.53 bits per heavy atom. The van der Waals surface area contributed by atoms with Gasteiger partial charge in [-0.1, -0.05) is 54.5 Å². The van der Waals surface area contributed by atoms with E-state index >= 15 is 0 Å². The van der Waals surface area contributed by atoms with Crippen LogP contribution in [-0.4, -0.2) is 31.8 Å². The third kappa shape index (κ3) is 5.00. The molecule has 2 heterocycles. The van der Waals surface area contributed by atoms with Crippen LogP contribution in [0.4, 0.5) is 8.78 Å². The topological polar surface area (TPSA) is 68.9 Å². The van der Waals surface area contributed by atoms with E-state index < -0.39 is 17.2 Å². The molecule has 1 aliphatic rings. The predicted molar refractivity (Wildman–Crippen MR) is 141 cm³/mol. The van der Waals surface area contributed by atoms with E-state index in [0.717, 1.165) is 48.8 Å². The van der Waals surface area contributed by atoms with Gasteiger partial charge in [0, 0.05) is 6.04 Å². The summed E-state index contributed by atoms with van der Waals surface area (Å²) < 4.78 is 31.5. The summed E-state index contributed by atoms with van der Waals surface area (Å²) in [6, 6.07) is 11.7. The summed E-state index contributed by atoms with van der Waals surface area (Å²) >= 11 is 7.61. The summed E-state index contributed by atoms with van der Waals surface area (Å²) in [6.45, 7) is 0. The minimum Gasteiger partial charge on any atom is -0.353 e. The van der Waals surface area contributed by atoms with Crippen molar-refractivity contribution in [1.82, 2.24) is 19.4 Å². The van der Waals surface area contributed by atoms with E-state index in [4.69, 9.17) is 12.2 Å². The molecule has 0 saturated heterocycles. The molecule has 4 aromatic rings. The number of rotatable bonds is 6. The number of nitrogens with zero attached hydrogens (tertiary/aromatic N) is 3. The molecule has 186 valence electrons. The summed E-state index contributed by atoms with van der Waals surface area (Å²) in [4.78, 5) is 31.0. The molecule has 36 heavy (non-hydrogen) atoms. The number of para-hydroxylation sites is 1. The smallest absolute Gasteiger partial charge is 0.278 e. The van der Waals surface area contributed by atoms with Gasteiger partial charge in [-0.15, -0.1) is 0 Å². The fraction of sp³-hybridized carbons (Fsp3) is 0.280. The quantitative estimate of drug-likeness (QED) is 0.189. The number of amides is 1. The molecule has 0 spiro atoms. The minimum absolute atomic E-state index is 0.0419. The molecule has 1 N–H and O–H groups in total. The highest BCUT2D eigenvalue weighted by molar-refractivity contribution is 7.99. The number of hydrogen-bond acceptors (Lipinski definition) is 6. The summed E-state index contributed by atoms with van der Waals surface area (Å²) in [5, 5.41) is 3.29. The Labute approximate surface area is 219 Å². The Kier molecular flexibility index (Phi) is 7.31. The SMILES string of the molecule is O=C(CSc1nc2c(sc(=S)n2-c2ccccc2F)c(=O)n1-c1ccc(F)cc1)NC1CCCCC1. The van der Waals surface area contributed by atoms with Crippen LogP contribution in [0.1, 0.15) is 32.1 Å². The molecule has 0 aliphatic heterocycles. The number of benzene rings is 2. The number of fused-ring (bicyclic) bond motifs is 1. The first kappa shape index (κ1) is 24.8. The van der Waals surface area contributed by atoms with Crippen molar-refractivity contribution in [3.05, 3.63) is 74.5 Å². The summed E-state index contributed by atoms with van der Waals surface area (Å²) in [6.07, 6.45) is 5.29. The van der Waals surface area contributed by atoms with Gasteiger partial charge in [0.05, 0.1) is 17.1 Å². The fourth-order valence-corrected chi connectivity index (χ4v) is 6.45. The molecule has 1 saturated carbocycles. The van der Waals surface area contributed by atoms with Crippen LogP contribution in [0.25, 0.3) is 21.7 Å². The maximum absolute atomic E-state index is 14.7. The zero-order valence-corrected chi connectivity index (χ0v) is 21.5. The highest BCUT2D eigenvalue weighted by Crippen LogP contribution is 2.28. The average molecular weight is 545 g/mol. The van der Waals surface area contributed by atoms with Crippen molar-refractivity contribution < 1.29 is 13.6 Å². The number of carbonyl (C=O) groups excluding carboxylic acids is 1. The van der Waals surface area contributed by atoms with Gasteiger partial charge in [-0.05, 0) is 61.5 Å². The second-order valence-electron chi connectivity index (χ2n) is 8.51. The van der Waals surface area contributed by atoms with E-state index in [1.807, 2.05) is 0 Å². The summed E-state index contributed by atoms with van der Waals surface area (Å²) in [5.74, 6) is -1.05. The third-order valence-electron chi connectivity index (χ3n) is 6.06. The van der Waals surface area contributed by atoms with Gasteiger partial charge in [0.15, 0.2) is 14.8 Å². The lowest BCUT2D eigenvalue weighted by molar-refractivity contribution is -0.119. The molecule has 0 atom stereocenters. The average Bonchev–Trinajstić information content (AvgIpc) is 3.20. The highest BCUT2D eigenvalue weighted by Gasteiger charge is 2.22. The lowest BCUT2D eigenvalue weighted by Gasteiger charge is -2.22. The Bertz CT molecular complexity index is 1540. The largest absolute Gasteiger partial charge is 0.353 e. The van der Waals surface area contributed by atoms with Crippen LogP contribution in [0.5, 0.6) is 0 Å². The molecule has 0 unspecified atom stereocenters. The first-order valence-corrected chi connectivity index (χ1v) is 13.7. The van der Waals surface area contributed by atoms with Crippen LogP contribution in [0.2, 0.25) is 0 Å². The second kappa shape index (κ2) is 10.6.